The van der Waals surface area contributed by atoms with Gasteiger partial charge in [0.15, 0.2) is 0 Å². The van der Waals surface area contributed by atoms with Crippen LogP contribution in [-0.2, 0) is 4.79 Å². The van der Waals surface area contributed by atoms with E-state index >= 15 is 0 Å². The highest BCUT2D eigenvalue weighted by Gasteiger charge is 1.97. The van der Waals surface area contributed by atoms with Crippen LogP contribution < -0.4 is 5.32 Å². The molecule has 0 aromatic heterocycles. The third-order valence-electron chi connectivity index (χ3n) is 4.67. The van der Waals surface area contributed by atoms with Crippen LogP contribution in [0, 0.1) is 12.3 Å². The molecule has 0 aliphatic heterocycles. The largest absolute Gasteiger partial charge is 0.481 e. The van der Waals surface area contributed by atoms with Gasteiger partial charge in [0, 0.05) is 12.8 Å². The second-order valence-electron chi connectivity index (χ2n) is 7.15. The van der Waals surface area contributed by atoms with E-state index in [-0.39, 0.29) is 0 Å². The van der Waals surface area contributed by atoms with E-state index in [0.29, 0.717) is 6.42 Å². The minimum atomic E-state index is -0.660. The molecule has 0 aromatic rings. The van der Waals surface area contributed by atoms with Crippen molar-refractivity contribution in [3.05, 3.63) is 0 Å². The van der Waals surface area contributed by atoms with E-state index in [9.17, 15) is 4.79 Å². The zero-order valence-electron chi connectivity index (χ0n) is 16.4. The molecule has 0 saturated carbocycles. The number of carboxylic acids is 1. The Labute approximate surface area is 156 Å². The van der Waals surface area contributed by atoms with Crippen LogP contribution in [0.2, 0.25) is 0 Å². The lowest BCUT2D eigenvalue weighted by molar-refractivity contribution is -0.137. The maximum absolute atomic E-state index is 10.4. The molecule has 0 aromatic carbocycles. The summed E-state index contributed by atoms with van der Waals surface area (Å²) in [7, 11) is 0. The lowest BCUT2D eigenvalue weighted by Crippen LogP contribution is -2.16. The van der Waals surface area contributed by atoms with E-state index < -0.39 is 5.97 Å². The Kier molecular flexibility index (Phi) is 20.2. The van der Waals surface area contributed by atoms with Gasteiger partial charge in [0.2, 0.25) is 0 Å². The molecule has 3 nitrogen and oxygen atoms in total. The molecule has 3 heteroatoms. The molecule has 0 aliphatic carbocycles. The average molecular weight is 352 g/mol. The Bertz CT molecular complexity index is 322. The number of aliphatic carboxylic acids is 1. The summed E-state index contributed by atoms with van der Waals surface area (Å²) in [4.78, 5) is 10.4. The Balaban J connectivity index is 2.98. The quantitative estimate of drug-likeness (QED) is 0.211. The number of rotatable bonds is 20. The van der Waals surface area contributed by atoms with Crippen LogP contribution >= 0.6 is 0 Å². The molecular weight excluding hydrogens is 310 g/mol. The molecule has 0 heterocycles. The van der Waals surface area contributed by atoms with Gasteiger partial charge in [-0.2, -0.15) is 0 Å². The lowest BCUT2D eigenvalue weighted by atomic mass is 10.0. The van der Waals surface area contributed by atoms with E-state index in [4.69, 9.17) is 11.5 Å². The normalized spacial score (nSPS) is 10.7. The molecule has 0 atom stereocenters. The van der Waals surface area contributed by atoms with Crippen molar-refractivity contribution in [2.45, 2.75) is 109 Å². The number of carbonyl (C=O) groups is 1. The van der Waals surface area contributed by atoms with Gasteiger partial charge in [-0.25, -0.2) is 0 Å². The molecule has 0 rings (SSSR count). The van der Waals surface area contributed by atoms with Crippen molar-refractivity contribution < 1.29 is 9.90 Å². The summed E-state index contributed by atoms with van der Waals surface area (Å²) in [6.07, 6.45) is 25.4. The Morgan fingerprint density at radius 2 is 1.08 bits per heavy atom. The molecule has 2 N–H and O–H groups in total. The maximum atomic E-state index is 10.4. The van der Waals surface area contributed by atoms with E-state index in [1.807, 2.05) is 0 Å². The van der Waals surface area contributed by atoms with E-state index in [2.05, 4.69) is 11.2 Å². The van der Waals surface area contributed by atoms with Crippen LogP contribution in [-0.4, -0.2) is 24.2 Å². The fourth-order valence-electron chi connectivity index (χ4n) is 3.07. The molecule has 0 bridgehead atoms. The smallest absolute Gasteiger partial charge is 0.303 e. The average Bonchev–Trinajstić information content (AvgIpc) is 2.60. The first kappa shape index (κ1) is 24.0. The highest BCUT2D eigenvalue weighted by molar-refractivity contribution is 5.66. The number of nitrogens with one attached hydrogen (secondary N) is 1. The monoisotopic (exact) mass is 351 g/mol. The Morgan fingerprint density at radius 3 is 1.52 bits per heavy atom. The van der Waals surface area contributed by atoms with Gasteiger partial charge in [0.25, 0.3) is 0 Å². The van der Waals surface area contributed by atoms with Crippen LogP contribution in [0.1, 0.15) is 109 Å². The highest BCUT2D eigenvalue weighted by atomic mass is 16.4. The van der Waals surface area contributed by atoms with Gasteiger partial charge in [0.05, 0.1) is 0 Å². The van der Waals surface area contributed by atoms with E-state index in [0.717, 1.165) is 38.8 Å². The minimum absolute atomic E-state index is 0.336. The fraction of sp³-hybridized carbons (Fsp3) is 0.864. The van der Waals surface area contributed by atoms with Crippen LogP contribution in [0.15, 0.2) is 0 Å². The standard InChI is InChI=1S/C22H41NO2/c1-2-3-4-17-20-23-21-18-15-13-11-9-7-5-6-8-10-12-14-16-19-22(24)25/h1,23H,3-21H2,(H,24,25). The molecule has 0 unspecified atom stereocenters. The zero-order valence-corrected chi connectivity index (χ0v) is 16.4. The molecule has 0 aliphatic rings. The van der Waals surface area contributed by atoms with Gasteiger partial charge in [-0.3, -0.25) is 4.79 Å². The molecule has 0 radical (unpaired) electrons. The first-order chi connectivity index (χ1) is 12.3. The van der Waals surface area contributed by atoms with Crippen LogP contribution in [0.5, 0.6) is 0 Å². The predicted octanol–water partition coefficient (Wildman–Crippen LogP) is 5.93. The minimum Gasteiger partial charge on any atom is -0.481 e. The van der Waals surface area contributed by atoms with Crippen molar-refractivity contribution in [2.75, 3.05) is 13.1 Å². The zero-order chi connectivity index (χ0) is 18.4. The SMILES string of the molecule is C#CCCCCNCCCCCCCCCCCCCCCC(=O)O. The fourth-order valence-corrected chi connectivity index (χ4v) is 3.07. The summed E-state index contributed by atoms with van der Waals surface area (Å²) in [6, 6.07) is 0. The Hall–Kier alpha value is -1.01. The molecule has 25 heavy (non-hydrogen) atoms. The van der Waals surface area contributed by atoms with Crippen LogP contribution in [0.4, 0.5) is 0 Å². The third kappa shape index (κ3) is 23.0. The number of carboxylic acid groups (broad SMARTS) is 1. The van der Waals surface area contributed by atoms with Gasteiger partial charge in [-0.05, 0) is 38.8 Å². The van der Waals surface area contributed by atoms with E-state index in [1.165, 1.54) is 77.0 Å². The lowest BCUT2D eigenvalue weighted by Gasteiger charge is -2.05. The van der Waals surface area contributed by atoms with Crippen molar-refractivity contribution in [3.63, 3.8) is 0 Å². The van der Waals surface area contributed by atoms with Gasteiger partial charge in [0.1, 0.15) is 0 Å². The number of hydrogen-bond acceptors (Lipinski definition) is 2. The van der Waals surface area contributed by atoms with Crippen LogP contribution in [0.25, 0.3) is 0 Å². The first-order valence-corrected chi connectivity index (χ1v) is 10.6. The van der Waals surface area contributed by atoms with Gasteiger partial charge < -0.3 is 10.4 Å². The summed E-state index contributed by atoms with van der Waals surface area (Å²) >= 11 is 0. The molecule has 0 spiro atoms. The van der Waals surface area contributed by atoms with Crippen LogP contribution in [0.3, 0.4) is 0 Å². The van der Waals surface area contributed by atoms with Gasteiger partial charge in [-0.15, -0.1) is 12.3 Å². The summed E-state index contributed by atoms with van der Waals surface area (Å²) in [5.41, 5.74) is 0. The summed E-state index contributed by atoms with van der Waals surface area (Å²) in [6.45, 7) is 2.27. The molecule has 0 saturated heterocycles. The predicted molar refractivity (Wildman–Crippen MR) is 108 cm³/mol. The van der Waals surface area contributed by atoms with Crippen molar-refractivity contribution in [1.29, 1.82) is 0 Å². The summed E-state index contributed by atoms with van der Waals surface area (Å²) in [5, 5.41) is 12.1. The maximum Gasteiger partial charge on any atom is 0.303 e. The second-order valence-corrected chi connectivity index (χ2v) is 7.15. The van der Waals surface area contributed by atoms with E-state index in [1.54, 1.807) is 0 Å². The van der Waals surface area contributed by atoms with Crippen molar-refractivity contribution in [1.82, 2.24) is 5.32 Å². The molecule has 0 fully saturated rings. The summed E-state index contributed by atoms with van der Waals surface area (Å²) < 4.78 is 0. The number of terminal acetylenes is 1. The molecule has 0 amide bonds. The molecular formula is C22H41NO2. The molecule has 146 valence electrons. The highest BCUT2D eigenvalue weighted by Crippen LogP contribution is 2.12. The van der Waals surface area contributed by atoms with Gasteiger partial charge >= 0.3 is 5.97 Å². The van der Waals surface area contributed by atoms with Crippen molar-refractivity contribution in [3.8, 4) is 12.3 Å². The first-order valence-electron chi connectivity index (χ1n) is 10.6. The van der Waals surface area contributed by atoms with Crippen molar-refractivity contribution in [2.24, 2.45) is 0 Å². The van der Waals surface area contributed by atoms with Gasteiger partial charge in [-0.1, -0.05) is 70.6 Å². The second kappa shape index (κ2) is 21.0. The number of hydrogen-bond donors (Lipinski definition) is 2. The summed E-state index contributed by atoms with van der Waals surface area (Å²) in [5.74, 6) is 2.02. The number of unbranched alkanes of at least 4 members (excludes halogenated alkanes) is 14. The third-order valence-corrected chi connectivity index (χ3v) is 4.67. The Morgan fingerprint density at radius 1 is 0.680 bits per heavy atom. The van der Waals surface area contributed by atoms with Crippen molar-refractivity contribution >= 4 is 5.97 Å². The topological polar surface area (TPSA) is 49.3 Å².